The van der Waals surface area contributed by atoms with Crippen molar-refractivity contribution in [3.05, 3.63) is 65.5 Å². The highest BCUT2D eigenvalue weighted by Gasteiger charge is 2.08. The summed E-state index contributed by atoms with van der Waals surface area (Å²) in [6.07, 6.45) is 0.876. The van der Waals surface area contributed by atoms with Crippen molar-refractivity contribution in [2.75, 3.05) is 11.1 Å². The zero-order valence-electron chi connectivity index (χ0n) is 14.8. The van der Waals surface area contributed by atoms with Crippen molar-refractivity contribution in [2.45, 2.75) is 20.0 Å². The van der Waals surface area contributed by atoms with Crippen LogP contribution >= 0.6 is 0 Å². The van der Waals surface area contributed by atoms with Crippen LogP contribution in [0.3, 0.4) is 0 Å². The van der Waals surface area contributed by atoms with Crippen LogP contribution in [0.4, 0.5) is 17.6 Å². The highest BCUT2D eigenvalue weighted by Crippen LogP contribution is 2.20. The van der Waals surface area contributed by atoms with Crippen molar-refractivity contribution >= 4 is 23.5 Å². The number of aromatic nitrogens is 3. The molecule has 8 heteroatoms. The number of para-hydroxylation sites is 1. The molecule has 0 bridgehead atoms. The topological polar surface area (TPSA) is 129 Å². The lowest BCUT2D eigenvalue weighted by atomic mass is 10.1. The van der Waals surface area contributed by atoms with Gasteiger partial charge in [-0.3, -0.25) is 4.79 Å². The molecular formula is C19H20N6O2. The van der Waals surface area contributed by atoms with Crippen LogP contribution in [0.1, 0.15) is 28.7 Å². The zero-order chi connectivity index (χ0) is 19.2. The number of aryl methyl sites for hydroxylation is 1. The summed E-state index contributed by atoms with van der Waals surface area (Å²) in [7, 11) is 0. The lowest BCUT2D eigenvalue weighted by molar-refractivity contribution is 0.1000. The molecule has 3 rings (SSSR count). The van der Waals surface area contributed by atoms with Gasteiger partial charge in [0.25, 0.3) is 0 Å². The third-order valence-corrected chi connectivity index (χ3v) is 3.85. The fraction of sp³-hybridized carbons (Fsp3) is 0.158. The van der Waals surface area contributed by atoms with Gasteiger partial charge in [0.05, 0.1) is 0 Å². The molecule has 0 aliphatic carbocycles. The number of nitrogens with one attached hydrogen (secondary N) is 1. The number of carbonyl (C=O) groups excluding carboxylic acids is 1. The number of hydrogen-bond acceptors (Lipinski definition) is 7. The number of primary amides is 1. The SMILES string of the molecule is CCc1ccccc1Nc1nc(N)nc(COc2ccc(C(N)=O)cc2)n1. The molecule has 2 aromatic carbocycles. The molecule has 27 heavy (non-hydrogen) atoms. The highest BCUT2D eigenvalue weighted by atomic mass is 16.5. The van der Waals surface area contributed by atoms with Crippen molar-refractivity contribution in [3.63, 3.8) is 0 Å². The molecule has 3 aromatic rings. The molecule has 0 spiro atoms. The van der Waals surface area contributed by atoms with Crippen molar-refractivity contribution in [1.29, 1.82) is 0 Å². The molecule has 0 aliphatic heterocycles. The number of amides is 1. The summed E-state index contributed by atoms with van der Waals surface area (Å²) >= 11 is 0. The first kappa shape index (κ1) is 18.1. The van der Waals surface area contributed by atoms with Gasteiger partial charge in [0, 0.05) is 11.3 Å². The number of rotatable bonds is 7. The fourth-order valence-electron chi connectivity index (χ4n) is 2.49. The van der Waals surface area contributed by atoms with Crippen LogP contribution in [0.5, 0.6) is 5.75 Å². The summed E-state index contributed by atoms with van der Waals surface area (Å²) in [5.74, 6) is 0.910. The molecule has 0 saturated carbocycles. The number of carbonyl (C=O) groups is 1. The van der Waals surface area contributed by atoms with E-state index in [9.17, 15) is 4.79 Å². The normalized spacial score (nSPS) is 10.4. The Morgan fingerprint density at radius 1 is 1.07 bits per heavy atom. The fourth-order valence-corrected chi connectivity index (χ4v) is 2.49. The minimum atomic E-state index is -0.491. The number of hydrogen-bond donors (Lipinski definition) is 3. The van der Waals surface area contributed by atoms with Crippen LogP contribution in [0.15, 0.2) is 48.5 Å². The number of nitrogens with zero attached hydrogens (tertiary/aromatic N) is 3. The molecule has 0 saturated heterocycles. The summed E-state index contributed by atoms with van der Waals surface area (Å²) in [4.78, 5) is 23.7. The van der Waals surface area contributed by atoms with E-state index in [1.807, 2.05) is 24.3 Å². The lowest BCUT2D eigenvalue weighted by Gasteiger charge is -2.11. The second-order valence-electron chi connectivity index (χ2n) is 5.75. The third kappa shape index (κ3) is 4.69. The van der Waals surface area contributed by atoms with E-state index in [1.54, 1.807) is 24.3 Å². The average Bonchev–Trinajstić information content (AvgIpc) is 2.67. The lowest BCUT2D eigenvalue weighted by Crippen LogP contribution is -2.11. The van der Waals surface area contributed by atoms with Gasteiger partial charge >= 0.3 is 0 Å². The molecule has 5 N–H and O–H groups in total. The molecule has 0 radical (unpaired) electrons. The molecule has 1 amide bonds. The Morgan fingerprint density at radius 2 is 1.81 bits per heavy atom. The second kappa shape index (κ2) is 8.13. The maximum atomic E-state index is 11.1. The van der Waals surface area contributed by atoms with Crippen LogP contribution in [0.2, 0.25) is 0 Å². The summed E-state index contributed by atoms with van der Waals surface area (Å²) in [6.45, 7) is 2.18. The summed E-state index contributed by atoms with van der Waals surface area (Å²) < 4.78 is 5.64. The summed E-state index contributed by atoms with van der Waals surface area (Å²) in [5, 5.41) is 3.17. The van der Waals surface area contributed by atoms with E-state index < -0.39 is 5.91 Å². The van der Waals surface area contributed by atoms with E-state index in [1.165, 1.54) is 0 Å². The first-order valence-electron chi connectivity index (χ1n) is 8.43. The number of ether oxygens (including phenoxy) is 1. The summed E-state index contributed by atoms with van der Waals surface area (Å²) in [5.41, 5.74) is 13.5. The minimum absolute atomic E-state index is 0.101. The van der Waals surface area contributed by atoms with Gasteiger partial charge in [-0.2, -0.15) is 15.0 Å². The van der Waals surface area contributed by atoms with Crippen LogP contribution in [0.25, 0.3) is 0 Å². The van der Waals surface area contributed by atoms with Crippen LogP contribution in [-0.2, 0) is 13.0 Å². The maximum Gasteiger partial charge on any atom is 0.248 e. The van der Waals surface area contributed by atoms with Gasteiger partial charge in [-0.1, -0.05) is 25.1 Å². The van der Waals surface area contributed by atoms with E-state index in [4.69, 9.17) is 16.2 Å². The van der Waals surface area contributed by atoms with E-state index in [-0.39, 0.29) is 12.6 Å². The Hall–Kier alpha value is -3.68. The predicted octanol–water partition coefficient (Wildman–Crippen LogP) is 2.44. The Morgan fingerprint density at radius 3 is 2.52 bits per heavy atom. The molecule has 0 fully saturated rings. The Bertz CT molecular complexity index is 943. The Balaban J connectivity index is 1.72. The molecule has 0 unspecified atom stereocenters. The van der Waals surface area contributed by atoms with Gasteiger partial charge in [0.15, 0.2) is 5.82 Å². The molecule has 0 aliphatic rings. The molecule has 8 nitrogen and oxygen atoms in total. The predicted molar refractivity (Wildman–Crippen MR) is 103 cm³/mol. The van der Waals surface area contributed by atoms with Gasteiger partial charge in [0.1, 0.15) is 12.4 Å². The average molecular weight is 364 g/mol. The van der Waals surface area contributed by atoms with Crippen molar-refractivity contribution in [3.8, 4) is 5.75 Å². The Kier molecular flexibility index (Phi) is 5.46. The van der Waals surface area contributed by atoms with Gasteiger partial charge in [-0.25, -0.2) is 0 Å². The van der Waals surface area contributed by atoms with Gasteiger partial charge in [-0.05, 0) is 42.3 Å². The molecule has 1 heterocycles. The first-order valence-corrected chi connectivity index (χ1v) is 8.43. The van der Waals surface area contributed by atoms with Crippen molar-refractivity contribution in [1.82, 2.24) is 15.0 Å². The zero-order valence-corrected chi connectivity index (χ0v) is 14.8. The van der Waals surface area contributed by atoms with E-state index in [0.29, 0.717) is 23.1 Å². The second-order valence-corrected chi connectivity index (χ2v) is 5.75. The van der Waals surface area contributed by atoms with Crippen molar-refractivity contribution < 1.29 is 9.53 Å². The summed E-state index contributed by atoms with van der Waals surface area (Å²) in [6, 6.07) is 14.4. The standard InChI is InChI=1S/C19H20N6O2/c1-2-12-5-3-4-6-15(12)22-19-24-16(23-18(21)25-19)11-27-14-9-7-13(8-10-14)17(20)26/h3-10H,2,11H2,1H3,(H2,20,26)(H3,21,22,23,24,25). The van der Waals surface area contributed by atoms with Gasteiger partial charge in [-0.15, -0.1) is 0 Å². The smallest absolute Gasteiger partial charge is 0.248 e. The largest absolute Gasteiger partial charge is 0.486 e. The molecular weight excluding hydrogens is 344 g/mol. The molecule has 1 aromatic heterocycles. The van der Waals surface area contributed by atoms with Crippen LogP contribution < -0.4 is 21.5 Å². The van der Waals surface area contributed by atoms with E-state index in [0.717, 1.165) is 17.7 Å². The maximum absolute atomic E-state index is 11.1. The quantitative estimate of drug-likeness (QED) is 0.587. The molecule has 138 valence electrons. The monoisotopic (exact) mass is 364 g/mol. The molecule has 0 atom stereocenters. The highest BCUT2D eigenvalue weighted by molar-refractivity contribution is 5.92. The number of nitrogen functional groups attached to an aromatic ring is 1. The Labute approximate surface area is 156 Å². The van der Waals surface area contributed by atoms with Crippen LogP contribution in [0, 0.1) is 0 Å². The minimum Gasteiger partial charge on any atom is -0.486 e. The third-order valence-electron chi connectivity index (χ3n) is 3.85. The number of benzene rings is 2. The van der Waals surface area contributed by atoms with Crippen molar-refractivity contribution in [2.24, 2.45) is 5.73 Å². The van der Waals surface area contributed by atoms with Gasteiger partial charge in [0.2, 0.25) is 17.8 Å². The van der Waals surface area contributed by atoms with E-state index in [2.05, 4.69) is 27.2 Å². The number of anilines is 3. The first-order chi connectivity index (χ1) is 13.0. The van der Waals surface area contributed by atoms with Gasteiger partial charge < -0.3 is 21.5 Å². The van der Waals surface area contributed by atoms with E-state index >= 15 is 0 Å². The van der Waals surface area contributed by atoms with Crippen LogP contribution in [-0.4, -0.2) is 20.9 Å². The number of nitrogens with two attached hydrogens (primary N) is 2.